The molecule has 0 aliphatic carbocycles. The van der Waals surface area contributed by atoms with Gasteiger partial charge in [-0.2, -0.15) is 5.10 Å². The van der Waals surface area contributed by atoms with Crippen LogP contribution in [-0.2, 0) is 13.6 Å². The summed E-state index contributed by atoms with van der Waals surface area (Å²) in [5, 5.41) is 12.1. The SMILES string of the molecule is Cn1cc(N2CC[C@@H](NC(=O)NCc3cccs3)C2)cn1. The lowest BCUT2D eigenvalue weighted by Gasteiger charge is -2.17. The molecule has 1 atom stereocenters. The lowest BCUT2D eigenvalue weighted by Crippen LogP contribution is -2.43. The summed E-state index contributed by atoms with van der Waals surface area (Å²) in [5.74, 6) is 0. The van der Waals surface area contributed by atoms with Crippen LogP contribution < -0.4 is 15.5 Å². The van der Waals surface area contributed by atoms with Crippen LogP contribution in [0.1, 0.15) is 11.3 Å². The third-order valence-corrected chi connectivity index (χ3v) is 4.46. The van der Waals surface area contributed by atoms with Gasteiger partial charge in [-0.3, -0.25) is 4.68 Å². The number of aromatic nitrogens is 2. The maximum absolute atomic E-state index is 11.9. The summed E-state index contributed by atoms with van der Waals surface area (Å²) in [4.78, 5) is 15.3. The van der Waals surface area contributed by atoms with E-state index >= 15 is 0 Å². The second-order valence-corrected chi connectivity index (χ2v) is 6.24. The van der Waals surface area contributed by atoms with Crippen molar-refractivity contribution in [2.24, 2.45) is 7.05 Å². The van der Waals surface area contributed by atoms with Crippen LogP contribution in [0.15, 0.2) is 29.9 Å². The smallest absolute Gasteiger partial charge is 0.315 e. The van der Waals surface area contributed by atoms with Crippen LogP contribution in [0, 0.1) is 0 Å². The monoisotopic (exact) mass is 305 g/mol. The lowest BCUT2D eigenvalue weighted by atomic mass is 10.3. The van der Waals surface area contributed by atoms with Gasteiger partial charge in [0.05, 0.1) is 18.4 Å². The molecule has 112 valence electrons. The van der Waals surface area contributed by atoms with Gasteiger partial charge in [-0.05, 0) is 17.9 Å². The fraction of sp³-hybridized carbons (Fsp3) is 0.429. The van der Waals surface area contributed by atoms with E-state index in [4.69, 9.17) is 0 Å². The predicted octanol–water partition coefficient (Wildman–Crippen LogP) is 1.56. The minimum atomic E-state index is -0.0959. The second kappa shape index (κ2) is 6.17. The molecule has 1 aliphatic heterocycles. The molecule has 3 heterocycles. The summed E-state index contributed by atoms with van der Waals surface area (Å²) in [6, 6.07) is 4.10. The number of hydrogen-bond donors (Lipinski definition) is 2. The molecule has 2 aromatic rings. The zero-order valence-corrected chi connectivity index (χ0v) is 12.8. The largest absolute Gasteiger partial charge is 0.367 e. The fourth-order valence-corrected chi connectivity index (χ4v) is 3.15. The van der Waals surface area contributed by atoms with Crippen LogP contribution in [0.25, 0.3) is 0 Å². The summed E-state index contributed by atoms with van der Waals surface area (Å²) in [6.45, 7) is 2.36. The van der Waals surface area contributed by atoms with Gasteiger partial charge in [0.15, 0.2) is 0 Å². The van der Waals surface area contributed by atoms with E-state index in [0.717, 1.165) is 30.1 Å². The van der Waals surface area contributed by atoms with Crippen LogP contribution in [-0.4, -0.2) is 34.9 Å². The van der Waals surface area contributed by atoms with Crippen molar-refractivity contribution in [1.82, 2.24) is 20.4 Å². The molecule has 3 rings (SSSR count). The quantitative estimate of drug-likeness (QED) is 0.901. The Labute approximate surface area is 127 Å². The number of hydrogen-bond acceptors (Lipinski definition) is 4. The van der Waals surface area contributed by atoms with Crippen molar-refractivity contribution in [2.45, 2.75) is 19.0 Å². The molecule has 0 radical (unpaired) electrons. The van der Waals surface area contributed by atoms with Gasteiger partial charge in [-0.25, -0.2) is 4.79 Å². The molecule has 0 spiro atoms. The summed E-state index contributed by atoms with van der Waals surface area (Å²) < 4.78 is 1.80. The van der Waals surface area contributed by atoms with Crippen LogP contribution in [0.4, 0.5) is 10.5 Å². The molecule has 2 aromatic heterocycles. The predicted molar refractivity (Wildman–Crippen MR) is 83.5 cm³/mol. The van der Waals surface area contributed by atoms with Crippen molar-refractivity contribution in [1.29, 1.82) is 0 Å². The first-order valence-corrected chi connectivity index (χ1v) is 7.89. The molecule has 0 aromatic carbocycles. The Morgan fingerprint density at radius 1 is 1.57 bits per heavy atom. The highest BCUT2D eigenvalue weighted by atomic mass is 32.1. The van der Waals surface area contributed by atoms with Gasteiger partial charge >= 0.3 is 6.03 Å². The topological polar surface area (TPSA) is 62.2 Å². The average Bonchev–Trinajstić information content (AvgIpc) is 3.17. The Morgan fingerprint density at radius 3 is 3.19 bits per heavy atom. The Balaban J connectivity index is 1.45. The molecule has 0 bridgehead atoms. The summed E-state index contributed by atoms with van der Waals surface area (Å²) >= 11 is 1.65. The van der Waals surface area contributed by atoms with Crippen LogP contribution in [0.3, 0.4) is 0 Å². The van der Waals surface area contributed by atoms with Crippen LogP contribution >= 0.6 is 11.3 Å². The van der Waals surface area contributed by atoms with E-state index in [9.17, 15) is 4.79 Å². The summed E-state index contributed by atoms with van der Waals surface area (Å²) in [7, 11) is 1.91. The highest BCUT2D eigenvalue weighted by Gasteiger charge is 2.24. The molecule has 2 N–H and O–H groups in total. The lowest BCUT2D eigenvalue weighted by molar-refractivity contribution is 0.237. The first-order chi connectivity index (χ1) is 10.2. The molecule has 0 saturated carbocycles. The summed E-state index contributed by atoms with van der Waals surface area (Å²) in [5.41, 5.74) is 1.11. The number of thiophene rings is 1. The first kappa shape index (κ1) is 13.9. The second-order valence-electron chi connectivity index (χ2n) is 5.21. The van der Waals surface area contributed by atoms with Crippen molar-refractivity contribution in [2.75, 3.05) is 18.0 Å². The molecule has 0 unspecified atom stereocenters. The van der Waals surface area contributed by atoms with Crippen molar-refractivity contribution >= 4 is 23.1 Å². The number of carbonyl (C=O) groups is 1. The number of aryl methyl sites for hydroxylation is 1. The first-order valence-electron chi connectivity index (χ1n) is 7.01. The van der Waals surface area contributed by atoms with Crippen molar-refractivity contribution < 1.29 is 4.79 Å². The maximum atomic E-state index is 11.9. The van der Waals surface area contributed by atoms with E-state index in [0.29, 0.717) is 6.54 Å². The molecular weight excluding hydrogens is 286 g/mol. The third-order valence-electron chi connectivity index (χ3n) is 3.58. The molecule has 1 aliphatic rings. The zero-order chi connectivity index (χ0) is 14.7. The van der Waals surface area contributed by atoms with Gasteiger partial charge in [0.1, 0.15) is 0 Å². The number of urea groups is 1. The Morgan fingerprint density at radius 2 is 2.48 bits per heavy atom. The van der Waals surface area contributed by atoms with E-state index in [1.54, 1.807) is 16.0 Å². The molecule has 1 fully saturated rings. The molecule has 1 saturated heterocycles. The Hall–Kier alpha value is -2.02. The number of amides is 2. The Bertz CT molecular complexity index is 594. The molecule has 2 amide bonds. The molecule has 21 heavy (non-hydrogen) atoms. The van der Waals surface area contributed by atoms with Gasteiger partial charge in [-0.15, -0.1) is 11.3 Å². The van der Waals surface area contributed by atoms with Gasteiger partial charge in [0.2, 0.25) is 0 Å². The average molecular weight is 305 g/mol. The zero-order valence-electron chi connectivity index (χ0n) is 12.0. The van der Waals surface area contributed by atoms with E-state index in [1.807, 2.05) is 37.0 Å². The number of anilines is 1. The van der Waals surface area contributed by atoms with Gasteiger partial charge < -0.3 is 15.5 Å². The normalized spacial score (nSPS) is 18.0. The van der Waals surface area contributed by atoms with Gasteiger partial charge in [0.25, 0.3) is 0 Å². The number of rotatable bonds is 4. The van der Waals surface area contributed by atoms with Crippen molar-refractivity contribution in [3.8, 4) is 0 Å². The number of nitrogens with one attached hydrogen (secondary N) is 2. The standard InChI is InChI=1S/C14H19N5OS/c1-18-10-12(7-16-18)19-5-4-11(9-19)17-14(20)15-8-13-3-2-6-21-13/h2-3,6-7,10-11H,4-5,8-9H2,1H3,(H2,15,17,20)/t11-/m1/s1. The molecule has 6 nitrogen and oxygen atoms in total. The number of carbonyl (C=O) groups excluding carboxylic acids is 1. The van der Waals surface area contributed by atoms with Crippen molar-refractivity contribution in [3.63, 3.8) is 0 Å². The summed E-state index contributed by atoms with van der Waals surface area (Å²) in [6.07, 6.45) is 4.82. The van der Waals surface area contributed by atoms with E-state index in [2.05, 4.69) is 20.6 Å². The van der Waals surface area contributed by atoms with Gasteiger partial charge in [-0.1, -0.05) is 6.07 Å². The van der Waals surface area contributed by atoms with Gasteiger partial charge in [0, 0.05) is 37.3 Å². The van der Waals surface area contributed by atoms with Crippen LogP contribution in [0.2, 0.25) is 0 Å². The maximum Gasteiger partial charge on any atom is 0.315 e. The minimum Gasteiger partial charge on any atom is -0.367 e. The third kappa shape index (κ3) is 3.55. The number of nitrogens with zero attached hydrogens (tertiary/aromatic N) is 3. The van der Waals surface area contributed by atoms with E-state index < -0.39 is 0 Å². The highest BCUT2D eigenvalue weighted by Crippen LogP contribution is 2.19. The molecular formula is C14H19N5OS. The van der Waals surface area contributed by atoms with E-state index in [1.165, 1.54) is 0 Å². The van der Waals surface area contributed by atoms with E-state index in [-0.39, 0.29) is 12.1 Å². The highest BCUT2D eigenvalue weighted by molar-refractivity contribution is 7.09. The fourth-order valence-electron chi connectivity index (χ4n) is 2.50. The van der Waals surface area contributed by atoms with Crippen molar-refractivity contribution in [3.05, 3.63) is 34.8 Å². The van der Waals surface area contributed by atoms with Crippen LogP contribution in [0.5, 0.6) is 0 Å². The minimum absolute atomic E-state index is 0.0959. The Kier molecular flexibility index (Phi) is 4.10. The molecule has 7 heteroatoms.